The van der Waals surface area contributed by atoms with Gasteiger partial charge in [-0.05, 0) is 24.6 Å². The quantitative estimate of drug-likeness (QED) is 0.488. The van der Waals surface area contributed by atoms with E-state index in [2.05, 4.69) is 10.3 Å². The van der Waals surface area contributed by atoms with E-state index in [1.165, 1.54) is 6.20 Å². The number of para-hydroxylation sites is 2. The molecule has 6 heteroatoms. The van der Waals surface area contributed by atoms with Crippen LogP contribution in [-0.2, 0) is 11.3 Å². The lowest BCUT2D eigenvalue weighted by Crippen LogP contribution is -2.12. The van der Waals surface area contributed by atoms with Crippen molar-refractivity contribution >= 4 is 33.9 Å². The largest absolute Gasteiger partial charge is 0.462 e. The second kappa shape index (κ2) is 7.09. The molecule has 0 amide bonds. The van der Waals surface area contributed by atoms with E-state index in [1.54, 1.807) is 13.0 Å². The summed E-state index contributed by atoms with van der Waals surface area (Å²) in [5, 5.41) is 4.07. The smallest absolute Gasteiger partial charge is 0.341 e. The van der Waals surface area contributed by atoms with Gasteiger partial charge in [0.2, 0.25) is 0 Å². The predicted molar refractivity (Wildman–Crippen MR) is 100 cm³/mol. The van der Waals surface area contributed by atoms with E-state index in [0.29, 0.717) is 41.3 Å². The van der Waals surface area contributed by atoms with E-state index in [1.807, 2.05) is 36.4 Å². The first-order valence-corrected chi connectivity index (χ1v) is 8.03. The maximum absolute atomic E-state index is 12.3. The SMILES string of the molecule is CCOC(=O)c1cnc2c(N)cccc2c1NCc1ccccc1N. The highest BCUT2D eigenvalue weighted by molar-refractivity contribution is 6.07. The van der Waals surface area contributed by atoms with Crippen LogP contribution in [0.4, 0.5) is 17.1 Å². The average Bonchev–Trinajstić information content (AvgIpc) is 2.61. The topological polar surface area (TPSA) is 103 Å². The number of hydrogen-bond acceptors (Lipinski definition) is 6. The molecule has 0 aliphatic rings. The lowest BCUT2D eigenvalue weighted by Gasteiger charge is -2.15. The van der Waals surface area contributed by atoms with Crippen molar-refractivity contribution in [3.05, 3.63) is 59.8 Å². The normalized spacial score (nSPS) is 10.6. The highest BCUT2D eigenvalue weighted by Crippen LogP contribution is 2.30. The number of nitrogen functional groups attached to an aromatic ring is 2. The highest BCUT2D eigenvalue weighted by atomic mass is 16.5. The fourth-order valence-electron chi connectivity index (χ4n) is 2.68. The predicted octanol–water partition coefficient (Wildman–Crippen LogP) is 3.19. The van der Waals surface area contributed by atoms with Gasteiger partial charge in [0, 0.05) is 23.8 Å². The molecular weight excluding hydrogens is 316 g/mol. The van der Waals surface area contributed by atoms with Gasteiger partial charge in [-0.15, -0.1) is 0 Å². The Morgan fingerprint density at radius 1 is 1.12 bits per heavy atom. The molecule has 6 nitrogen and oxygen atoms in total. The Morgan fingerprint density at radius 2 is 1.88 bits per heavy atom. The lowest BCUT2D eigenvalue weighted by molar-refractivity contribution is 0.0527. The molecular formula is C19H20N4O2. The minimum atomic E-state index is -0.428. The summed E-state index contributed by atoms with van der Waals surface area (Å²) < 4.78 is 5.15. The van der Waals surface area contributed by atoms with Gasteiger partial charge in [0.15, 0.2) is 0 Å². The Kier molecular flexibility index (Phi) is 4.70. The van der Waals surface area contributed by atoms with Gasteiger partial charge in [0.1, 0.15) is 5.56 Å². The van der Waals surface area contributed by atoms with Gasteiger partial charge in [-0.3, -0.25) is 4.98 Å². The number of fused-ring (bicyclic) bond motifs is 1. The summed E-state index contributed by atoms with van der Waals surface area (Å²) in [6, 6.07) is 13.1. The van der Waals surface area contributed by atoms with Crippen LogP contribution in [0.25, 0.3) is 10.9 Å². The molecule has 3 aromatic rings. The maximum atomic E-state index is 12.3. The molecule has 0 atom stereocenters. The summed E-state index contributed by atoms with van der Waals surface area (Å²) >= 11 is 0. The first-order chi connectivity index (χ1) is 12.1. The van der Waals surface area contributed by atoms with Crippen molar-refractivity contribution in [2.45, 2.75) is 13.5 Å². The molecule has 1 heterocycles. The summed E-state index contributed by atoms with van der Waals surface area (Å²) in [6.45, 7) is 2.52. The monoisotopic (exact) mass is 336 g/mol. The van der Waals surface area contributed by atoms with Gasteiger partial charge < -0.3 is 21.5 Å². The van der Waals surface area contributed by atoms with Crippen LogP contribution in [0.5, 0.6) is 0 Å². The number of nitrogens with two attached hydrogens (primary N) is 2. The Balaban J connectivity index is 2.06. The summed E-state index contributed by atoms with van der Waals surface area (Å²) in [5.41, 5.74) is 15.8. The van der Waals surface area contributed by atoms with Gasteiger partial charge >= 0.3 is 5.97 Å². The van der Waals surface area contributed by atoms with Crippen LogP contribution < -0.4 is 16.8 Å². The number of esters is 1. The van der Waals surface area contributed by atoms with E-state index < -0.39 is 5.97 Å². The number of anilines is 3. The summed E-state index contributed by atoms with van der Waals surface area (Å²) in [5.74, 6) is -0.428. The second-order valence-electron chi connectivity index (χ2n) is 5.56. The van der Waals surface area contributed by atoms with Crippen molar-refractivity contribution in [2.75, 3.05) is 23.4 Å². The molecule has 128 valence electrons. The van der Waals surface area contributed by atoms with E-state index in [4.69, 9.17) is 16.2 Å². The fraction of sp³-hybridized carbons (Fsp3) is 0.158. The van der Waals surface area contributed by atoms with Crippen LogP contribution in [0.2, 0.25) is 0 Å². The number of carbonyl (C=O) groups excluding carboxylic acids is 1. The number of pyridine rings is 1. The standard InChI is InChI=1S/C19H20N4O2/c1-2-25-19(24)14-11-23-18-13(7-5-9-16(18)21)17(14)22-10-12-6-3-4-8-15(12)20/h3-9,11H,2,10,20-21H2,1H3,(H,22,23). The van der Waals surface area contributed by atoms with E-state index in [9.17, 15) is 4.79 Å². The number of nitrogens with zero attached hydrogens (tertiary/aromatic N) is 1. The zero-order valence-electron chi connectivity index (χ0n) is 14.0. The van der Waals surface area contributed by atoms with Gasteiger partial charge in [0.25, 0.3) is 0 Å². The minimum absolute atomic E-state index is 0.291. The van der Waals surface area contributed by atoms with E-state index in [0.717, 1.165) is 10.9 Å². The number of rotatable bonds is 5. The van der Waals surface area contributed by atoms with Crippen LogP contribution in [0.1, 0.15) is 22.8 Å². The Bertz CT molecular complexity index is 924. The molecule has 3 rings (SSSR count). The summed E-state index contributed by atoms with van der Waals surface area (Å²) in [6.07, 6.45) is 1.49. The highest BCUT2D eigenvalue weighted by Gasteiger charge is 2.17. The first-order valence-electron chi connectivity index (χ1n) is 8.03. The number of aromatic nitrogens is 1. The molecule has 0 aliphatic heterocycles. The first kappa shape index (κ1) is 16.6. The van der Waals surface area contributed by atoms with Crippen molar-refractivity contribution in [1.29, 1.82) is 0 Å². The molecule has 0 unspecified atom stereocenters. The number of hydrogen-bond donors (Lipinski definition) is 3. The molecule has 0 bridgehead atoms. The van der Waals surface area contributed by atoms with Gasteiger partial charge in [-0.25, -0.2) is 4.79 Å². The molecule has 0 saturated heterocycles. The Hall–Kier alpha value is -3.28. The average molecular weight is 336 g/mol. The third kappa shape index (κ3) is 3.33. The number of ether oxygens (including phenoxy) is 1. The van der Waals surface area contributed by atoms with Crippen molar-refractivity contribution in [3.63, 3.8) is 0 Å². The maximum Gasteiger partial charge on any atom is 0.341 e. The molecule has 5 N–H and O–H groups in total. The molecule has 0 spiro atoms. The zero-order valence-corrected chi connectivity index (χ0v) is 14.0. The van der Waals surface area contributed by atoms with Crippen molar-refractivity contribution in [2.24, 2.45) is 0 Å². The molecule has 1 aromatic heterocycles. The summed E-state index contributed by atoms with van der Waals surface area (Å²) in [7, 11) is 0. The number of benzene rings is 2. The molecule has 0 radical (unpaired) electrons. The molecule has 0 saturated carbocycles. The van der Waals surface area contributed by atoms with Crippen LogP contribution >= 0.6 is 0 Å². The molecule has 0 aliphatic carbocycles. The van der Waals surface area contributed by atoms with Gasteiger partial charge in [-0.2, -0.15) is 0 Å². The van der Waals surface area contributed by atoms with Crippen molar-refractivity contribution in [1.82, 2.24) is 4.98 Å². The third-order valence-electron chi connectivity index (χ3n) is 3.93. The minimum Gasteiger partial charge on any atom is -0.462 e. The summed E-state index contributed by atoms with van der Waals surface area (Å²) in [4.78, 5) is 16.6. The second-order valence-corrected chi connectivity index (χ2v) is 5.56. The molecule has 0 fully saturated rings. The lowest BCUT2D eigenvalue weighted by atomic mass is 10.1. The Morgan fingerprint density at radius 3 is 2.64 bits per heavy atom. The van der Waals surface area contributed by atoms with Crippen LogP contribution in [0.15, 0.2) is 48.7 Å². The van der Waals surface area contributed by atoms with Crippen LogP contribution in [0, 0.1) is 0 Å². The van der Waals surface area contributed by atoms with Crippen LogP contribution in [0.3, 0.4) is 0 Å². The van der Waals surface area contributed by atoms with Crippen LogP contribution in [-0.4, -0.2) is 17.6 Å². The number of nitrogens with one attached hydrogen (secondary N) is 1. The van der Waals surface area contributed by atoms with E-state index in [-0.39, 0.29) is 0 Å². The number of carbonyl (C=O) groups is 1. The van der Waals surface area contributed by atoms with Crippen molar-refractivity contribution < 1.29 is 9.53 Å². The molecule has 25 heavy (non-hydrogen) atoms. The van der Waals surface area contributed by atoms with Gasteiger partial charge in [-0.1, -0.05) is 30.3 Å². The fourth-order valence-corrected chi connectivity index (χ4v) is 2.68. The molecule has 2 aromatic carbocycles. The van der Waals surface area contributed by atoms with E-state index >= 15 is 0 Å². The van der Waals surface area contributed by atoms with Gasteiger partial charge in [0.05, 0.1) is 23.5 Å². The third-order valence-corrected chi connectivity index (χ3v) is 3.93. The van der Waals surface area contributed by atoms with Crippen molar-refractivity contribution in [3.8, 4) is 0 Å². The zero-order chi connectivity index (χ0) is 17.8. The Labute approximate surface area is 145 Å².